The molecular weight excluding hydrogens is 240 g/mol. The Hall–Kier alpha value is -1.46. The second kappa shape index (κ2) is 5.27. The summed E-state index contributed by atoms with van der Waals surface area (Å²) >= 11 is 0. The van der Waals surface area contributed by atoms with E-state index in [9.17, 15) is 5.11 Å². The van der Waals surface area contributed by atoms with E-state index in [4.69, 9.17) is 4.98 Å². The van der Waals surface area contributed by atoms with Crippen LogP contribution in [0.15, 0.2) is 18.3 Å². The lowest BCUT2D eigenvalue weighted by molar-refractivity contribution is 0.274. The van der Waals surface area contributed by atoms with Gasteiger partial charge in [-0.1, -0.05) is 0 Å². The molecule has 0 radical (unpaired) electrons. The number of aliphatic hydroxyl groups excluding tert-OH is 1. The van der Waals surface area contributed by atoms with Gasteiger partial charge >= 0.3 is 0 Å². The number of likely N-dealkylation sites (tertiary alicyclic amines) is 1. The molecule has 19 heavy (non-hydrogen) atoms. The molecule has 0 spiro atoms. The van der Waals surface area contributed by atoms with Gasteiger partial charge in [0.25, 0.3) is 0 Å². The normalized spacial score (nSPS) is 20.4. The summed E-state index contributed by atoms with van der Waals surface area (Å²) in [5, 5.41) is 9.24. The zero-order chi connectivity index (χ0) is 13.2. The monoisotopic (exact) mass is 260 g/mol. The summed E-state index contributed by atoms with van der Waals surface area (Å²) in [5.41, 5.74) is 1.82. The average Bonchev–Trinajstić information content (AvgIpc) is 2.96. The lowest BCUT2D eigenvalue weighted by atomic mass is 10.0. The third kappa shape index (κ3) is 2.48. The molecule has 0 saturated carbocycles. The lowest BCUT2D eigenvalue weighted by Gasteiger charge is -2.11. The number of pyridine rings is 1. The molecule has 0 amide bonds. The summed E-state index contributed by atoms with van der Waals surface area (Å²) < 4.78 is 2.06. The maximum Gasteiger partial charge on any atom is 0.160 e. The van der Waals surface area contributed by atoms with Gasteiger partial charge in [-0.3, -0.25) is 0 Å². The maximum absolute atomic E-state index is 9.24. The fraction of sp³-hybridized carbons (Fsp3) is 0.571. The van der Waals surface area contributed by atoms with Gasteiger partial charge in [-0.15, -0.1) is 0 Å². The fourth-order valence-corrected chi connectivity index (χ4v) is 2.95. The second-order valence-corrected chi connectivity index (χ2v) is 5.37. The third-order valence-electron chi connectivity index (χ3n) is 3.87. The molecule has 5 nitrogen and oxygen atoms in total. The van der Waals surface area contributed by atoms with Gasteiger partial charge < -0.3 is 14.6 Å². The fourth-order valence-electron chi connectivity index (χ4n) is 2.95. The molecule has 1 N–H and O–H groups in total. The van der Waals surface area contributed by atoms with E-state index in [0.717, 1.165) is 30.0 Å². The summed E-state index contributed by atoms with van der Waals surface area (Å²) in [6, 6.07) is 3.90. The molecule has 0 aromatic carbocycles. The highest BCUT2D eigenvalue weighted by Crippen LogP contribution is 2.21. The average molecular weight is 260 g/mol. The van der Waals surface area contributed by atoms with E-state index in [0.29, 0.717) is 12.5 Å². The number of aliphatic hydroxyl groups is 1. The zero-order valence-electron chi connectivity index (χ0n) is 11.3. The highest BCUT2D eigenvalue weighted by molar-refractivity contribution is 5.71. The van der Waals surface area contributed by atoms with Crippen LogP contribution in [0.3, 0.4) is 0 Å². The Morgan fingerprint density at radius 2 is 2.37 bits per heavy atom. The number of hydrogen-bond donors (Lipinski definition) is 1. The van der Waals surface area contributed by atoms with Crippen LogP contribution in [-0.2, 0) is 13.0 Å². The van der Waals surface area contributed by atoms with Crippen LogP contribution >= 0.6 is 0 Å². The Bertz CT molecular complexity index is 566. The number of hydrogen-bond acceptors (Lipinski definition) is 4. The minimum atomic E-state index is 0.125. The topological polar surface area (TPSA) is 54.2 Å². The van der Waals surface area contributed by atoms with E-state index in [-0.39, 0.29) is 6.61 Å². The van der Waals surface area contributed by atoms with Crippen LogP contribution in [0, 0.1) is 5.92 Å². The molecule has 1 aliphatic rings. The molecule has 1 atom stereocenters. The highest BCUT2D eigenvalue weighted by Gasteiger charge is 2.22. The van der Waals surface area contributed by atoms with E-state index in [1.165, 1.54) is 13.0 Å². The molecule has 3 rings (SSSR count). The number of imidazole rings is 1. The van der Waals surface area contributed by atoms with Crippen LogP contribution < -0.4 is 0 Å². The van der Waals surface area contributed by atoms with Crippen molar-refractivity contribution in [2.45, 2.75) is 19.4 Å². The van der Waals surface area contributed by atoms with E-state index in [1.807, 2.05) is 12.1 Å². The van der Waals surface area contributed by atoms with Crippen molar-refractivity contribution in [1.82, 2.24) is 19.4 Å². The first-order valence-corrected chi connectivity index (χ1v) is 6.87. The Balaban J connectivity index is 1.90. The predicted octanol–water partition coefficient (Wildman–Crippen LogP) is 0.918. The predicted molar refractivity (Wildman–Crippen MR) is 73.9 cm³/mol. The van der Waals surface area contributed by atoms with Crippen LogP contribution in [-0.4, -0.2) is 51.3 Å². The summed E-state index contributed by atoms with van der Waals surface area (Å²) in [5.74, 6) is 1.72. The van der Waals surface area contributed by atoms with Crippen LogP contribution in [0.25, 0.3) is 11.2 Å². The molecule has 0 bridgehead atoms. The maximum atomic E-state index is 9.24. The Kier molecular flexibility index (Phi) is 3.48. The van der Waals surface area contributed by atoms with Gasteiger partial charge in [0.2, 0.25) is 0 Å². The van der Waals surface area contributed by atoms with Gasteiger partial charge in [-0.25, -0.2) is 9.97 Å². The van der Waals surface area contributed by atoms with Gasteiger partial charge in [0.05, 0.1) is 6.61 Å². The number of fused-ring (bicyclic) bond motifs is 1. The minimum absolute atomic E-state index is 0.125. The summed E-state index contributed by atoms with van der Waals surface area (Å²) in [6.07, 6.45) is 3.98. The first kappa shape index (κ1) is 12.6. The number of rotatable bonds is 4. The van der Waals surface area contributed by atoms with Crippen LogP contribution in [0.4, 0.5) is 0 Å². The van der Waals surface area contributed by atoms with Crippen molar-refractivity contribution in [3.8, 4) is 0 Å². The van der Waals surface area contributed by atoms with Crippen LogP contribution in [0.1, 0.15) is 12.2 Å². The Morgan fingerprint density at radius 3 is 3.11 bits per heavy atom. The molecule has 2 aromatic heterocycles. The molecular formula is C14H20N4O. The molecule has 1 saturated heterocycles. The minimum Gasteiger partial charge on any atom is -0.395 e. The molecule has 1 unspecified atom stereocenters. The van der Waals surface area contributed by atoms with Gasteiger partial charge in [0, 0.05) is 25.7 Å². The van der Waals surface area contributed by atoms with E-state index >= 15 is 0 Å². The number of aromatic nitrogens is 3. The summed E-state index contributed by atoms with van der Waals surface area (Å²) in [6.45, 7) is 3.00. The van der Waals surface area contributed by atoms with Crippen LogP contribution in [0.5, 0.6) is 0 Å². The largest absolute Gasteiger partial charge is 0.395 e. The molecule has 2 aromatic rings. The highest BCUT2D eigenvalue weighted by atomic mass is 16.3. The van der Waals surface area contributed by atoms with E-state index < -0.39 is 0 Å². The van der Waals surface area contributed by atoms with E-state index in [2.05, 4.69) is 21.5 Å². The van der Waals surface area contributed by atoms with Crippen molar-refractivity contribution in [2.24, 2.45) is 5.92 Å². The van der Waals surface area contributed by atoms with Gasteiger partial charge in [-0.05, 0) is 38.1 Å². The van der Waals surface area contributed by atoms with Gasteiger partial charge in [-0.2, -0.15) is 0 Å². The van der Waals surface area contributed by atoms with Gasteiger partial charge in [0.15, 0.2) is 5.65 Å². The van der Waals surface area contributed by atoms with Crippen molar-refractivity contribution in [3.63, 3.8) is 0 Å². The Labute approximate surface area is 112 Å². The SMILES string of the molecule is CN1CCC(Cc2nc3cccnc3n2CCO)C1. The first-order chi connectivity index (χ1) is 9.28. The number of nitrogens with zero attached hydrogens (tertiary/aromatic N) is 4. The van der Waals surface area contributed by atoms with Crippen LogP contribution in [0.2, 0.25) is 0 Å². The molecule has 0 aliphatic carbocycles. The van der Waals surface area contributed by atoms with Crippen molar-refractivity contribution < 1.29 is 5.11 Å². The van der Waals surface area contributed by atoms with Crippen molar-refractivity contribution >= 4 is 11.2 Å². The quantitative estimate of drug-likeness (QED) is 0.888. The molecule has 3 heterocycles. The lowest BCUT2D eigenvalue weighted by Crippen LogP contribution is -2.17. The summed E-state index contributed by atoms with van der Waals surface area (Å²) in [7, 11) is 2.16. The van der Waals surface area contributed by atoms with Gasteiger partial charge in [0.1, 0.15) is 11.3 Å². The smallest absolute Gasteiger partial charge is 0.160 e. The van der Waals surface area contributed by atoms with Crippen molar-refractivity contribution in [2.75, 3.05) is 26.7 Å². The standard InChI is InChI=1S/C14H20N4O/c1-17-6-4-11(10-17)9-13-16-12-3-2-5-15-14(12)18(13)7-8-19/h2-3,5,11,19H,4,6-10H2,1H3. The zero-order valence-corrected chi connectivity index (χ0v) is 11.3. The van der Waals surface area contributed by atoms with Crippen molar-refractivity contribution in [3.05, 3.63) is 24.2 Å². The molecule has 102 valence electrons. The van der Waals surface area contributed by atoms with E-state index in [1.54, 1.807) is 6.20 Å². The molecule has 5 heteroatoms. The molecule has 1 aliphatic heterocycles. The Morgan fingerprint density at radius 1 is 1.47 bits per heavy atom. The second-order valence-electron chi connectivity index (χ2n) is 5.37. The third-order valence-corrected chi connectivity index (χ3v) is 3.87. The van der Waals surface area contributed by atoms with Crippen molar-refractivity contribution in [1.29, 1.82) is 0 Å². The summed E-state index contributed by atoms with van der Waals surface area (Å²) in [4.78, 5) is 11.4. The molecule has 1 fully saturated rings. The first-order valence-electron chi connectivity index (χ1n) is 6.87.